The Balaban J connectivity index is 2.22. The van der Waals surface area contributed by atoms with E-state index >= 15 is 0 Å². The number of rotatable bonds is 5. The molecule has 22 heavy (non-hydrogen) atoms. The van der Waals surface area contributed by atoms with E-state index in [1.807, 2.05) is 6.07 Å². The molecule has 0 aliphatic heterocycles. The number of hydrogen-bond donors (Lipinski definition) is 2. The number of anilines is 2. The summed E-state index contributed by atoms with van der Waals surface area (Å²) in [5.41, 5.74) is 4.56. The molecule has 0 saturated heterocycles. The fraction of sp³-hybridized carbons (Fsp3) is 0.211. The quantitative estimate of drug-likeness (QED) is 0.711. The Morgan fingerprint density at radius 1 is 0.864 bits per heavy atom. The Hall–Kier alpha value is -2.55. The third kappa shape index (κ3) is 2.89. The zero-order valence-corrected chi connectivity index (χ0v) is 13.1. The molecule has 0 aliphatic rings. The van der Waals surface area contributed by atoms with E-state index in [9.17, 15) is 0 Å². The first-order valence-corrected chi connectivity index (χ1v) is 7.79. The van der Waals surface area contributed by atoms with Crippen molar-refractivity contribution in [1.82, 2.24) is 4.98 Å². The normalized spacial score (nSPS) is 10.6. The molecule has 3 heteroatoms. The first kappa shape index (κ1) is 14.4. The molecule has 0 spiro atoms. The van der Waals surface area contributed by atoms with Crippen LogP contribution in [0.3, 0.4) is 0 Å². The minimum atomic E-state index is 0.863. The summed E-state index contributed by atoms with van der Waals surface area (Å²) in [6.45, 7) is 5.97. The summed E-state index contributed by atoms with van der Waals surface area (Å²) < 4.78 is 0. The van der Waals surface area contributed by atoms with Crippen LogP contribution >= 0.6 is 0 Å². The van der Waals surface area contributed by atoms with Crippen molar-refractivity contribution in [3.8, 4) is 11.1 Å². The first-order valence-electron chi connectivity index (χ1n) is 7.79. The molecule has 112 valence electrons. The van der Waals surface area contributed by atoms with E-state index in [4.69, 9.17) is 4.98 Å². The summed E-state index contributed by atoms with van der Waals surface area (Å²) in [7, 11) is 0. The summed E-state index contributed by atoms with van der Waals surface area (Å²) in [5.74, 6) is 0.921. The Bertz CT molecular complexity index is 766. The lowest BCUT2D eigenvalue weighted by atomic mass is 10.0. The van der Waals surface area contributed by atoms with Gasteiger partial charge in [0.05, 0.1) is 5.52 Å². The maximum absolute atomic E-state index is 4.71. The molecule has 0 saturated carbocycles. The molecular weight excluding hydrogens is 270 g/mol. The van der Waals surface area contributed by atoms with E-state index < -0.39 is 0 Å². The van der Waals surface area contributed by atoms with Crippen LogP contribution in [-0.2, 0) is 0 Å². The van der Waals surface area contributed by atoms with Crippen molar-refractivity contribution in [2.45, 2.75) is 13.8 Å². The molecule has 1 aromatic heterocycles. The van der Waals surface area contributed by atoms with Gasteiger partial charge in [0.2, 0.25) is 0 Å². The summed E-state index contributed by atoms with van der Waals surface area (Å²) in [4.78, 5) is 4.71. The minimum Gasteiger partial charge on any atom is -0.385 e. The Kier molecular flexibility index (Phi) is 4.24. The predicted octanol–water partition coefficient (Wildman–Crippen LogP) is 4.77. The van der Waals surface area contributed by atoms with Crippen LogP contribution < -0.4 is 10.6 Å². The first-order chi connectivity index (χ1) is 10.8. The monoisotopic (exact) mass is 291 g/mol. The zero-order chi connectivity index (χ0) is 15.4. The fourth-order valence-corrected chi connectivity index (χ4v) is 2.67. The van der Waals surface area contributed by atoms with Gasteiger partial charge in [-0.25, -0.2) is 4.98 Å². The average Bonchev–Trinajstić information content (AvgIpc) is 2.56. The van der Waals surface area contributed by atoms with Gasteiger partial charge in [-0.05, 0) is 49.2 Å². The molecule has 0 atom stereocenters. The van der Waals surface area contributed by atoms with Crippen molar-refractivity contribution < 1.29 is 0 Å². The second-order valence-corrected chi connectivity index (χ2v) is 5.21. The van der Waals surface area contributed by atoms with E-state index in [-0.39, 0.29) is 0 Å². The van der Waals surface area contributed by atoms with Crippen molar-refractivity contribution in [3.63, 3.8) is 0 Å². The second kappa shape index (κ2) is 6.48. The molecule has 0 amide bonds. The second-order valence-electron chi connectivity index (χ2n) is 5.21. The molecule has 0 bridgehead atoms. The van der Waals surface area contributed by atoms with Crippen LogP contribution in [0.4, 0.5) is 11.5 Å². The van der Waals surface area contributed by atoms with Crippen molar-refractivity contribution in [2.24, 2.45) is 0 Å². The van der Waals surface area contributed by atoms with E-state index in [1.165, 1.54) is 16.5 Å². The summed E-state index contributed by atoms with van der Waals surface area (Å²) >= 11 is 0. The molecule has 3 nitrogen and oxygen atoms in total. The van der Waals surface area contributed by atoms with Gasteiger partial charge in [-0.1, -0.05) is 30.3 Å². The van der Waals surface area contributed by atoms with Gasteiger partial charge in [0, 0.05) is 24.2 Å². The predicted molar refractivity (Wildman–Crippen MR) is 95.5 cm³/mol. The van der Waals surface area contributed by atoms with Gasteiger partial charge in [0.25, 0.3) is 0 Å². The number of nitrogens with one attached hydrogen (secondary N) is 2. The lowest BCUT2D eigenvalue weighted by molar-refractivity contribution is 1.17. The number of nitrogens with zero attached hydrogens (tertiary/aromatic N) is 1. The molecule has 0 aliphatic carbocycles. The van der Waals surface area contributed by atoms with Crippen molar-refractivity contribution in [1.29, 1.82) is 0 Å². The number of benzene rings is 2. The highest BCUT2D eigenvalue weighted by molar-refractivity contribution is 5.97. The molecular formula is C19H21N3. The topological polar surface area (TPSA) is 37.0 Å². The van der Waals surface area contributed by atoms with Crippen molar-refractivity contribution in [3.05, 3.63) is 54.6 Å². The average molecular weight is 291 g/mol. The van der Waals surface area contributed by atoms with Crippen LogP contribution in [0.15, 0.2) is 54.6 Å². The summed E-state index contributed by atoms with van der Waals surface area (Å²) in [5, 5.41) is 7.87. The molecule has 1 heterocycles. The number of pyridine rings is 1. The fourth-order valence-electron chi connectivity index (χ4n) is 2.67. The minimum absolute atomic E-state index is 0.863. The van der Waals surface area contributed by atoms with Gasteiger partial charge in [-0.3, -0.25) is 0 Å². The highest BCUT2D eigenvalue weighted by Gasteiger charge is 2.08. The molecule has 3 rings (SSSR count). The maximum atomic E-state index is 4.71. The van der Waals surface area contributed by atoms with Crippen LogP contribution in [0.1, 0.15) is 13.8 Å². The van der Waals surface area contributed by atoms with E-state index in [2.05, 4.69) is 73.0 Å². The molecule has 0 unspecified atom stereocenters. The van der Waals surface area contributed by atoms with Crippen LogP contribution in [-0.4, -0.2) is 18.1 Å². The molecule has 2 N–H and O–H groups in total. The third-order valence-corrected chi connectivity index (χ3v) is 3.63. The van der Waals surface area contributed by atoms with Crippen LogP contribution in [0.5, 0.6) is 0 Å². The Morgan fingerprint density at radius 2 is 1.64 bits per heavy atom. The standard InChI is InChI=1S/C19H21N3/c1-3-20-15-10-11-18-17(12-15)16(13-19(22-18)21-4-2)14-8-6-5-7-9-14/h5-13,20H,3-4H2,1-2H3,(H,21,22). The number of fused-ring (bicyclic) bond motifs is 1. The highest BCUT2D eigenvalue weighted by atomic mass is 15.0. The molecule has 0 fully saturated rings. The molecule has 2 aromatic carbocycles. The van der Waals surface area contributed by atoms with E-state index in [0.29, 0.717) is 0 Å². The van der Waals surface area contributed by atoms with Gasteiger partial charge < -0.3 is 10.6 Å². The number of aromatic nitrogens is 1. The van der Waals surface area contributed by atoms with Gasteiger partial charge >= 0.3 is 0 Å². The summed E-state index contributed by atoms with van der Waals surface area (Å²) in [6, 6.07) is 19.0. The molecule has 0 radical (unpaired) electrons. The zero-order valence-electron chi connectivity index (χ0n) is 13.1. The lowest BCUT2D eigenvalue weighted by Crippen LogP contribution is -2.01. The largest absolute Gasteiger partial charge is 0.385 e. The van der Waals surface area contributed by atoms with Crippen LogP contribution in [0.2, 0.25) is 0 Å². The highest BCUT2D eigenvalue weighted by Crippen LogP contribution is 2.31. The molecule has 3 aromatic rings. The van der Waals surface area contributed by atoms with Crippen molar-refractivity contribution in [2.75, 3.05) is 23.7 Å². The third-order valence-electron chi connectivity index (χ3n) is 3.63. The maximum Gasteiger partial charge on any atom is 0.127 e. The Morgan fingerprint density at radius 3 is 2.36 bits per heavy atom. The SMILES string of the molecule is CCNc1ccc2nc(NCC)cc(-c3ccccc3)c2c1. The Labute approximate surface area is 131 Å². The van der Waals surface area contributed by atoms with Gasteiger partial charge in [0.15, 0.2) is 0 Å². The number of hydrogen-bond acceptors (Lipinski definition) is 3. The lowest BCUT2D eigenvalue weighted by Gasteiger charge is -2.12. The van der Waals surface area contributed by atoms with Crippen molar-refractivity contribution >= 4 is 22.4 Å². The smallest absolute Gasteiger partial charge is 0.127 e. The van der Waals surface area contributed by atoms with Crippen LogP contribution in [0, 0.1) is 0 Å². The van der Waals surface area contributed by atoms with Gasteiger partial charge in [-0.15, -0.1) is 0 Å². The van der Waals surface area contributed by atoms with E-state index in [0.717, 1.165) is 30.1 Å². The van der Waals surface area contributed by atoms with Crippen LogP contribution in [0.25, 0.3) is 22.0 Å². The van der Waals surface area contributed by atoms with E-state index in [1.54, 1.807) is 0 Å². The van der Waals surface area contributed by atoms with Gasteiger partial charge in [-0.2, -0.15) is 0 Å². The summed E-state index contributed by atoms with van der Waals surface area (Å²) in [6.07, 6.45) is 0. The van der Waals surface area contributed by atoms with Gasteiger partial charge in [0.1, 0.15) is 5.82 Å².